The summed E-state index contributed by atoms with van der Waals surface area (Å²) in [7, 11) is 4.25. The number of alkyl carbamates (subject to hydrolysis) is 2. The monoisotopic (exact) mass is 881 g/mol. The molecule has 4 aromatic carbocycles. The summed E-state index contributed by atoms with van der Waals surface area (Å²) < 4.78 is 21.7. The standard InChI is InChI=1S/C50H55N7O8/c1-27(2)44(54-49(60)63-5)47(58)57-24-29(25-62-4)17-41(57)39-20-36-35-21-43-37(19-31(35)13-15-38(36)52-39)34-14-12-32(18-33(34)26-65-43)40-22-51-46(53-40)42-16-28(3)23-56(42)48(59)45(55-50(61)64-6)30-10-8-7-9-11-30/h7-15,18-19,21-22,27-29,41-42,44-45H,16-17,20,23-26H2,1-6H3,(H,51,53)(H,54,60)(H,55,61)/t28-,29-,41-,42-,44-,45+/m0/s1. The largest absolute Gasteiger partial charge is 0.488 e. The number of aromatic amines is 1. The van der Waals surface area contributed by atoms with Crippen LogP contribution in [0.3, 0.4) is 0 Å². The number of fused-ring (bicyclic) bond motifs is 6. The second-order valence-corrected chi connectivity index (χ2v) is 18.0. The minimum absolute atomic E-state index is 0.132. The molecule has 0 bridgehead atoms. The number of imidazole rings is 1. The molecule has 5 heterocycles. The number of H-pyrrole nitrogens is 1. The average molecular weight is 882 g/mol. The number of hydrogen-bond donors (Lipinski definition) is 3. The van der Waals surface area contributed by atoms with E-state index in [4.69, 9.17) is 28.9 Å². The number of amides is 4. The molecule has 1 aromatic heterocycles. The third-order valence-corrected chi connectivity index (χ3v) is 13.3. The van der Waals surface area contributed by atoms with Crippen molar-refractivity contribution < 1.29 is 38.1 Å². The maximum absolute atomic E-state index is 14.2. The van der Waals surface area contributed by atoms with Crippen molar-refractivity contribution in [3.8, 4) is 28.1 Å². The summed E-state index contributed by atoms with van der Waals surface area (Å²) in [6.45, 7) is 7.87. The van der Waals surface area contributed by atoms with E-state index in [-0.39, 0.29) is 41.7 Å². The number of aliphatic imine (C=N–C) groups is 1. The summed E-state index contributed by atoms with van der Waals surface area (Å²) in [6.07, 6.45) is 2.53. The molecule has 15 nitrogen and oxygen atoms in total. The normalized spacial score (nSPS) is 20.6. The SMILES string of the molecule is COC[C@H]1C[C@@H](C2=Nc3ccc4cc5c(cc4c3C2)OCc2cc(-c3cnc([C@@H]4C[C@H](C)CN4C(=O)[C@H](NC(=O)OC)c4ccccc4)[nH]3)ccc2-5)N(C(=O)[C@@H](NC(=O)OC)C(C)C)C1. The van der Waals surface area contributed by atoms with Gasteiger partial charge in [-0.25, -0.2) is 14.6 Å². The van der Waals surface area contributed by atoms with E-state index >= 15 is 0 Å². The van der Waals surface area contributed by atoms with E-state index in [0.29, 0.717) is 50.5 Å². The van der Waals surface area contributed by atoms with Crippen molar-refractivity contribution in [2.75, 3.05) is 41.0 Å². The van der Waals surface area contributed by atoms with Crippen LogP contribution in [0.15, 0.2) is 84.0 Å². The van der Waals surface area contributed by atoms with E-state index in [1.54, 1.807) is 7.11 Å². The van der Waals surface area contributed by atoms with Crippen LogP contribution in [-0.4, -0.2) is 103 Å². The molecule has 2 saturated heterocycles. The number of hydrogen-bond acceptors (Lipinski definition) is 10. The van der Waals surface area contributed by atoms with E-state index in [2.05, 4.69) is 65.0 Å². The summed E-state index contributed by atoms with van der Waals surface area (Å²) >= 11 is 0. The lowest BCUT2D eigenvalue weighted by Gasteiger charge is -2.31. The van der Waals surface area contributed by atoms with Gasteiger partial charge in [0, 0.05) is 43.8 Å². The first-order valence-electron chi connectivity index (χ1n) is 22.3. The van der Waals surface area contributed by atoms with Gasteiger partial charge in [0.25, 0.3) is 5.91 Å². The van der Waals surface area contributed by atoms with Crippen LogP contribution in [0.1, 0.15) is 68.2 Å². The number of ether oxygens (including phenoxy) is 4. The van der Waals surface area contributed by atoms with Crippen LogP contribution in [0.25, 0.3) is 33.2 Å². The molecular formula is C50H55N7O8. The van der Waals surface area contributed by atoms with Gasteiger partial charge in [-0.3, -0.25) is 14.6 Å². The molecule has 0 radical (unpaired) electrons. The molecule has 15 heteroatoms. The summed E-state index contributed by atoms with van der Waals surface area (Å²) in [5.41, 5.74) is 8.49. The van der Waals surface area contributed by atoms with Gasteiger partial charge in [-0.1, -0.05) is 69.3 Å². The Kier molecular flexibility index (Phi) is 12.1. The van der Waals surface area contributed by atoms with E-state index in [1.807, 2.05) is 60.2 Å². The number of rotatable bonds is 11. The fourth-order valence-corrected chi connectivity index (χ4v) is 10.1. The summed E-state index contributed by atoms with van der Waals surface area (Å²) in [5, 5.41) is 7.62. The minimum atomic E-state index is -0.908. The highest BCUT2D eigenvalue weighted by molar-refractivity contribution is 6.06. The predicted octanol–water partition coefficient (Wildman–Crippen LogP) is 7.67. The molecule has 2 fully saturated rings. The number of nitrogens with one attached hydrogen (secondary N) is 3. The molecular weight excluding hydrogens is 827 g/mol. The van der Waals surface area contributed by atoms with Crippen molar-refractivity contribution in [1.29, 1.82) is 0 Å². The van der Waals surface area contributed by atoms with Gasteiger partial charge in [-0.15, -0.1) is 0 Å². The zero-order valence-corrected chi connectivity index (χ0v) is 37.6. The van der Waals surface area contributed by atoms with Crippen molar-refractivity contribution in [1.82, 2.24) is 30.4 Å². The highest BCUT2D eigenvalue weighted by Crippen LogP contribution is 2.45. The van der Waals surface area contributed by atoms with Crippen molar-refractivity contribution >= 4 is 46.2 Å². The lowest BCUT2D eigenvalue weighted by Crippen LogP contribution is -2.53. The molecule has 3 N–H and O–H groups in total. The lowest BCUT2D eigenvalue weighted by molar-refractivity contribution is -0.135. The topological polar surface area (TPSA) is 177 Å². The Balaban J connectivity index is 0.944. The first-order valence-corrected chi connectivity index (χ1v) is 22.3. The molecule has 0 spiro atoms. The van der Waals surface area contributed by atoms with Crippen LogP contribution in [0.2, 0.25) is 0 Å². The number of carbonyl (C=O) groups excluding carboxylic acids is 4. The number of methoxy groups -OCH3 is 3. The average Bonchev–Trinajstić information content (AvgIpc) is 4.15. The first-order chi connectivity index (χ1) is 31.4. The number of benzene rings is 4. The molecule has 338 valence electrons. The van der Waals surface area contributed by atoms with Gasteiger partial charge >= 0.3 is 12.2 Å². The van der Waals surface area contributed by atoms with Crippen LogP contribution in [0.5, 0.6) is 5.75 Å². The fraction of sp³-hybridized carbons (Fsp3) is 0.400. The van der Waals surface area contributed by atoms with Gasteiger partial charge in [0.1, 0.15) is 30.3 Å². The second-order valence-electron chi connectivity index (χ2n) is 18.0. The lowest BCUT2D eigenvalue weighted by atomic mass is 9.90. The van der Waals surface area contributed by atoms with Gasteiger partial charge in [-0.05, 0) is 87.5 Å². The maximum atomic E-state index is 14.2. The first kappa shape index (κ1) is 43.5. The molecule has 6 atom stereocenters. The molecule has 65 heavy (non-hydrogen) atoms. The fourth-order valence-electron chi connectivity index (χ4n) is 10.1. The van der Waals surface area contributed by atoms with Gasteiger partial charge in [0.2, 0.25) is 5.91 Å². The zero-order valence-electron chi connectivity index (χ0n) is 37.6. The van der Waals surface area contributed by atoms with E-state index < -0.39 is 24.3 Å². The van der Waals surface area contributed by atoms with Crippen LogP contribution < -0.4 is 15.4 Å². The van der Waals surface area contributed by atoms with Gasteiger partial charge in [-0.2, -0.15) is 0 Å². The van der Waals surface area contributed by atoms with Crippen molar-refractivity contribution in [2.45, 2.75) is 70.8 Å². The highest BCUT2D eigenvalue weighted by atomic mass is 16.5. The van der Waals surface area contributed by atoms with Crippen LogP contribution in [0.4, 0.5) is 15.3 Å². The van der Waals surface area contributed by atoms with Gasteiger partial charge in [0.15, 0.2) is 0 Å². The van der Waals surface area contributed by atoms with Crippen LogP contribution >= 0.6 is 0 Å². The molecule has 9 rings (SSSR count). The van der Waals surface area contributed by atoms with Crippen molar-refractivity contribution in [2.24, 2.45) is 22.7 Å². The maximum Gasteiger partial charge on any atom is 0.407 e. The molecule has 4 amide bonds. The number of nitrogens with zero attached hydrogens (tertiary/aromatic N) is 4. The Morgan fingerprint density at radius 2 is 1.63 bits per heavy atom. The number of aromatic nitrogens is 2. The Labute approximate surface area is 377 Å². The number of likely N-dealkylation sites (tertiary alicyclic amines) is 2. The molecule has 0 unspecified atom stereocenters. The van der Waals surface area contributed by atoms with Crippen molar-refractivity contribution in [3.05, 3.63) is 102 Å². The van der Waals surface area contributed by atoms with E-state index in [0.717, 1.165) is 67.9 Å². The van der Waals surface area contributed by atoms with Crippen LogP contribution in [-0.2, 0) is 36.8 Å². The Bertz CT molecular complexity index is 2680. The van der Waals surface area contributed by atoms with Gasteiger partial charge < -0.3 is 44.4 Å². The summed E-state index contributed by atoms with van der Waals surface area (Å²) in [4.78, 5) is 70.0. The Morgan fingerprint density at radius 1 is 0.862 bits per heavy atom. The van der Waals surface area contributed by atoms with E-state index in [9.17, 15) is 19.2 Å². The third kappa shape index (κ3) is 8.40. The quantitative estimate of drug-likeness (QED) is 0.120. The highest BCUT2D eigenvalue weighted by Gasteiger charge is 2.43. The zero-order chi connectivity index (χ0) is 45.5. The molecule has 0 saturated carbocycles. The minimum Gasteiger partial charge on any atom is -0.488 e. The summed E-state index contributed by atoms with van der Waals surface area (Å²) in [6, 6.07) is 21.8. The van der Waals surface area contributed by atoms with Gasteiger partial charge in [0.05, 0.1) is 50.5 Å². The predicted molar refractivity (Wildman–Crippen MR) is 245 cm³/mol. The van der Waals surface area contributed by atoms with Crippen molar-refractivity contribution in [3.63, 3.8) is 0 Å². The van der Waals surface area contributed by atoms with E-state index in [1.165, 1.54) is 14.2 Å². The molecule has 0 aliphatic carbocycles. The smallest absolute Gasteiger partial charge is 0.407 e. The Morgan fingerprint density at radius 3 is 2.38 bits per heavy atom. The molecule has 5 aromatic rings. The third-order valence-electron chi connectivity index (χ3n) is 13.3. The second kappa shape index (κ2) is 18.0. The van der Waals surface area contributed by atoms with Crippen LogP contribution in [0, 0.1) is 17.8 Å². The number of carbonyl (C=O) groups is 4. The summed E-state index contributed by atoms with van der Waals surface area (Å²) in [5.74, 6) is 1.32. The molecule has 4 aliphatic rings. The molecule has 4 aliphatic heterocycles. The Hall–Kier alpha value is -6.74.